The highest BCUT2D eigenvalue weighted by Crippen LogP contribution is 2.21. The van der Waals surface area contributed by atoms with Crippen LogP contribution in [0.25, 0.3) is 0 Å². The van der Waals surface area contributed by atoms with Crippen molar-refractivity contribution < 1.29 is 14.9 Å². The van der Waals surface area contributed by atoms with Crippen molar-refractivity contribution in [2.24, 2.45) is 5.73 Å². The Morgan fingerprint density at radius 2 is 2.20 bits per heavy atom. The third-order valence-electron chi connectivity index (χ3n) is 3.62. The van der Waals surface area contributed by atoms with Crippen molar-refractivity contribution in [3.63, 3.8) is 0 Å². The van der Waals surface area contributed by atoms with Crippen molar-refractivity contribution in [1.29, 1.82) is 0 Å². The van der Waals surface area contributed by atoms with Crippen LogP contribution in [0.3, 0.4) is 0 Å². The van der Waals surface area contributed by atoms with Gasteiger partial charge in [0, 0.05) is 31.7 Å². The summed E-state index contributed by atoms with van der Waals surface area (Å²) in [5.74, 6) is 0.725. The van der Waals surface area contributed by atoms with Gasteiger partial charge in [0.15, 0.2) is 0 Å². The first-order chi connectivity index (χ1) is 9.50. The summed E-state index contributed by atoms with van der Waals surface area (Å²) in [6, 6.07) is 7.57. The molecule has 1 fully saturated rings. The van der Waals surface area contributed by atoms with Crippen molar-refractivity contribution in [2.45, 2.75) is 31.6 Å². The zero-order valence-electron chi connectivity index (χ0n) is 12.0. The highest BCUT2D eigenvalue weighted by Gasteiger charge is 2.32. The van der Waals surface area contributed by atoms with Gasteiger partial charge in [0.25, 0.3) is 0 Å². The molecule has 1 aromatic rings. The van der Waals surface area contributed by atoms with Crippen LogP contribution in [0, 0.1) is 0 Å². The maximum absolute atomic E-state index is 10.0. The normalized spacial score (nSPS) is 24.8. The minimum atomic E-state index is -0.632. The Hall–Kier alpha value is -1.14. The lowest BCUT2D eigenvalue weighted by molar-refractivity contribution is 0.0466. The van der Waals surface area contributed by atoms with Gasteiger partial charge in [-0.1, -0.05) is 18.2 Å². The standard InChI is InChI=1S/C15H24N2O3/c1-15(19)6-7-17(11-15)9-13(18)10-20-14-5-3-2-4-12(14)8-16/h2-5,13,18-19H,6-11,16H2,1H3. The fourth-order valence-electron chi connectivity index (χ4n) is 2.54. The van der Waals surface area contributed by atoms with Gasteiger partial charge < -0.3 is 20.7 Å². The lowest BCUT2D eigenvalue weighted by Crippen LogP contribution is -2.37. The van der Waals surface area contributed by atoms with Gasteiger partial charge in [-0.2, -0.15) is 0 Å². The second-order valence-corrected chi connectivity index (χ2v) is 5.76. The number of aliphatic hydroxyl groups is 2. The van der Waals surface area contributed by atoms with E-state index in [1.54, 1.807) is 0 Å². The van der Waals surface area contributed by atoms with E-state index in [0.29, 0.717) is 19.6 Å². The molecule has 0 saturated carbocycles. The number of β-amino-alcohol motifs (C(OH)–C–C–N with tert-alkyl or cyclic N) is 2. The molecule has 0 aromatic heterocycles. The molecule has 1 heterocycles. The van der Waals surface area contributed by atoms with Gasteiger partial charge >= 0.3 is 0 Å². The molecule has 4 N–H and O–H groups in total. The molecule has 1 aliphatic heterocycles. The van der Waals surface area contributed by atoms with Gasteiger partial charge in [-0.15, -0.1) is 0 Å². The molecule has 20 heavy (non-hydrogen) atoms. The first kappa shape index (κ1) is 15.3. The molecule has 2 rings (SSSR count). The monoisotopic (exact) mass is 280 g/mol. The number of hydrogen-bond donors (Lipinski definition) is 3. The fourth-order valence-corrected chi connectivity index (χ4v) is 2.54. The number of aliphatic hydroxyl groups excluding tert-OH is 1. The van der Waals surface area contributed by atoms with E-state index in [-0.39, 0.29) is 6.61 Å². The maximum Gasteiger partial charge on any atom is 0.123 e. The van der Waals surface area contributed by atoms with Gasteiger partial charge in [-0.25, -0.2) is 0 Å². The van der Waals surface area contributed by atoms with E-state index in [4.69, 9.17) is 10.5 Å². The second-order valence-electron chi connectivity index (χ2n) is 5.76. The molecule has 1 aromatic carbocycles. The quantitative estimate of drug-likeness (QED) is 0.700. The highest BCUT2D eigenvalue weighted by atomic mass is 16.5. The Morgan fingerprint density at radius 1 is 1.45 bits per heavy atom. The molecule has 1 aliphatic rings. The van der Waals surface area contributed by atoms with Crippen molar-refractivity contribution >= 4 is 0 Å². The molecule has 0 spiro atoms. The van der Waals surface area contributed by atoms with Gasteiger partial charge in [0.1, 0.15) is 18.5 Å². The molecular formula is C15H24N2O3. The van der Waals surface area contributed by atoms with Crippen molar-refractivity contribution in [1.82, 2.24) is 4.90 Å². The predicted octanol–water partition coefficient (Wildman–Crippen LogP) is 0.342. The Kier molecular flexibility index (Phi) is 4.99. The summed E-state index contributed by atoms with van der Waals surface area (Å²) in [5, 5.41) is 19.9. The number of ether oxygens (including phenoxy) is 1. The minimum Gasteiger partial charge on any atom is -0.491 e. The third kappa shape index (κ3) is 4.18. The number of likely N-dealkylation sites (tertiary alicyclic amines) is 1. The third-order valence-corrected chi connectivity index (χ3v) is 3.62. The van der Waals surface area contributed by atoms with Crippen LogP contribution in [-0.2, 0) is 6.54 Å². The molecular weight excluding hydrogens is 256 g/mol. The summed E-state index contributed by atoms with van der Waals surface area (Å²) in [6.45, 7) is 4.40. The molecule has 5 heteroatoms. The summed E-state index contributed by atoms with van der Waals surface area (Å²) in [7, 11) is 0. The molecule has 2 unspecified atom stereocenters. The number of para-hydroxylation sites is 1. The first-order valence-corrected chi connectivity index (χ1v) is 7.04. The van der Waals surface area contributed by atoms with Crippen LogP contribution < -0.4 is 10.5 Å². The van der Waals surface area contributed by atoms with Crippen molar-refractivity contribution in [2.75, 3.05) is 26.2 Å². The zero-order valence-corrected chi connectivity index (χ0v) is 12.0. The van der Waals surface area contributed by atoms with E-state index in [1.807, 2.05) is 31.2 Å². The van der Waals surface area contributed by atoms with Crippen molar-refractivity contribution in [3.05, 3.63) is 29.8 Å². The Bertz CT molecular complexity index is 437. The van der Waals surface area contributed by atoms with Crippen LogP contribution in [-0.4, -0.2) is 53.1 Å². The van der Waals surface area contributed by atoms with Crippen LogP contribution >= 0.6 is 0 Å². The van der Waals surface area contributed by atoms with E-state index in [0.717, 1.165) is 24.3 Å². The summed E-state index contributed by atoms with van der Waals surface area (Å²) in [5.41, 5.74) is 5.94. The van der Waals surface area contributed by atoms with Gasteiger partial charge in [0.05, 0.1) is 5.60 Å². The van der Waals surface area contributed by atoms with Crippen LogP contribution in [0.5, 0.6) is 5.75 Å². The van der Waals surface area contributed by atoms with E-state index < -0.39 is 11.7 Å². The molecule has 0 bridgehead atoms. The maximum atomic E-state index is 10.0. The topological polar surface area (TPSA) is 79.0 Å². The SMILES string of the molecule is CC1(O)CCN(CC(O)COc2ccccc2CN)C1. The van der Waals surface area contributed by atoms with Crippen molar-refractivity contribution in [3.8, 4) is 5.75 Å². The van der Waals surface area contributed by atoms with Crippen LogP contribution in [0.15, 0.2) is 24.3 Å². The molecule has 0 aliphatic carbocycles. The molecule has 1 saturated heterocycles. The Labute approximate surface area is 120 Å². The average molecular weight is 280 g/mol. The highest BCUT2D eigenvalue weighted by molar-refractivity contribution is 5.32. The number of benzene rings is 1. The first-order valence-electron chi connectivity index (χ1n) is 7.04. The van der Waals surface area contributed by atoms with E-state index in [9.17, 15) is 10.2 Å². The molecule has 0 radical (unpaired) electrons. The van der Waals surface area contributed by atoms with Gasteiger partial charge in [-0.05, 0) is 19.4 Å². The van der Waals surface area contributed by atoms with E-state index in [1.165, 1.54) is 0 Å². The number of nitrogens with two attached hydrogens (primary N) is 1. The van der Waals surface area contributed by atoms with Gasteiger partial charge in [0.2, 0.25) is 0 Å². The molecule has 5 nitrogen and oxygen atoms in total. The largest absolute Gasteiger partial charge is 0.491 e. The van der Waals surface area contributed by atoms with Crippen LogP contribution in [0.1, 0.15) is 18.9 Å². The van der Waals surface area contributed by atoms with Gasteiger partial charge in [-0.3, -0.25) is 4.90 Å². The number of nitrogens with zero attached hydrogens (tertiary/aromatic N) is 1. The van der Waals surface area contributed by atoms with E-state index in [2.05, 4.69) is 4.90 Å². The number of hydrogen-bond acceptors (Lipinski definition) is 5. The molecule has 112 valence electrons. The number of rotatable bonds is 6. The Balaban J connectivity index is 1.79. The smallest absolute Gasteiger partial charge is 0.123 e. The summed E-state index contributed by atoms with van der Waals surface area (Å²) in [4.78, 5) is 2.06. The van der Waals surface area contributed by atoms with Crippen LogP contribution in [0.4, 0.5) is 0 Å². The van der Waals surface area contributed by atoms with Crippen LogP contribution in [0.2, 0.25) is 0 Å². The minimum absolute atomic E-state index is 0.232. The summed E-state index contributed by atoms with van der Waals surface area (Å²) < 4.78 is 5.63. The lowest BCUT2D eigenvalue weighted by Gasteiger charge is -2.22. The van der Waals surface area contributed by atoms with E-state index >= 15 is 0 Å². The summed E-state index contributed by atoms with van der Waals surface area (Å²) in [6.07, 6.45) is 0.172. The second kappa shape index (κ2) is 6.54. The Morgan fingerprint density at radius 3 is 2.85 bits per heavy atom. The lowest BCUT2D eigenvalue weighted by atomic mass is 10.1. The average Bonchev–Trinajstić information content (AvgIpc) is 2.76. The molecule has 0 amide bonds. The summed E-state index contributed by atoms with van der Waals surface area (Å²) >= 11 is 0. The molecule has 2 atom stereocenters. The predicted molar refractivity (Wildman–Crippen MR) is 77.5 cm³/mol. The fraction of sp³-hybridized carbons (Fsp3) is 0.600. The zero-order chi connectivity index (χ0) is 14.6.